The Morgan fingerprint density at radius 1 is 1.19 bits per heavy atom. The normalized spacial score (nSPS) is 11.3. The van der Waals surface area contributed by atoms with E-state index >= 15 is 0 Å². The third-order valence-corrected chi connectivity index (χ3v) is 3.60. The summed E-state index contributed by atoms with van der Waals surface area (Å²) < 4.78 is 1.94. The lowest BCUT2D eigenvalue weighted by Crippen LogP contribution is -2.24. The molecule has 0 bridgehead atoms. The molecule has 0 aliphatic rings. The highest BCUT2D eigenvalue weighted by atomic mass is 15.1. The van der Waals surface area contributed by atoms with Crippen LogP contribution in [0.2, 0.25) is 0 Å². The number of nitrogens with zero attached hydrogens (tertiary/aromatic N) is 4. The maximum Gasteiger partial charge on any atom is 0.196 e. The first-order valence-electron chi connectivity index (χ1n) is 7.54. The van der Waals surface area contributed by atoms with Gasteiger partial charge in [-0.3, -0.25) is 0 Å². The molecule has 1 N–H and O–H groups in total. The summed E-state index contributed by atoms with van der Waals surface area (Å²) in [6.45, 7) is 9.48. The van der Waals surface area contributed by atoms with Crippen LogP contribution in [0.3, 0.4) is 0 Å². The average Bonchev–Trinajstić information content (AvgIpc) is 2.82. The summed E-state index contributed by atoms with van der Waals surface area (Å²) in [4.78, 5) is 13.6. The molecular weight excluding hydrogens is 262 g/mol. The molecule has 114 valence electrons. The van der Waals surface area contributed by atoms with Crippen LogP contribution in [0.15, 0.2) is 12.4 Å². The van der Waals surface area contributed by atoms with E-state index in [9.17, 15) is 0 Å². The lowest BCUT2D eigenvalue weighted by molar-refractivity contribution is 0.569. The maximum absolute atomic E-state index is 4.64. The predicted octanol–water partition coefficient (Wildman–Crippen LogP) is 2.42. The van der Waals surface area contributed by atoms with Gasteiger partial charge in [0, 0.05) is 36.9 Å². The van der Waals surface area contributed by atoms with Crippen LogP contribution in [0.1, 0.15) is 37.2 Å². The minimum Gasteiger partial charge on any atom is -0.331 e. The Labute approximate surface area is 126 Å². The molecule has 2 rings (SSSR count). The minimum absolute atomic E-state index is 0.536. The van der Waals surface area contributed by atoms with Gasteiger partial charge in [0.25, 0.3) is 0 Å². The van der Waals surface area contributed by atoms with E-state index in [1.165, 1.54) is 5.56 Å². The van der Waals surface area contributed by atoms with Crippen LogP contribution in [-0.4, -0.2) is 32.1 Å². The second kappa shape index (κ2) is 6.80. The van der Waals surface area contributed by atoms with E-state index in [1.807, 2.05) is 17.8 Å². The molecule has 2 heterocycles. The van der Waals surface area contributed by atoms with Crippen molar-refractivity contribution in [3.63, 3.8) is 0 Å². The lowest BCUT2D eigenvalue weighted by atomic mass is 10.1. The summed E-state index contributed by atoms with van der Waals surface area (Å²) in [5, 5.41) is 3.44. The predicted molar refractivity (Wildman–Crippen MR) is 85.2 cm³/mol. The molecule has 0 saturated heterocycles. The van der Waals surface area contributed by atoms with Crippen molar-refractivity contribution >= 4 is 0 Å². The Balaban J connectivity index is 2.12. The smallest absolute Gasteiger partial charge is 0.196 e. The van der Waals surface area contributed by atoms with Crippen molar-refractivity contribution in [2.75, 3.05) is 6.54 Å². The number of nitrogens with one attached hydrogen (secondary N) is 1. The lowest BCUT2D eigenvalue weighted by Gasteiger charge is -2.12. The van der Waals surface area contributed by atoms with Crippen LogP contribution in [0.5, 0.6) is 0 Å². The van der Waals surface area contributed by atoms with E-state index in [1.54, 1.807) is 6.20 Å². The topological polar surface area (TPSA) is 55.6 Å². The monoisotopic (exact) mass is 287 g/mol. The molecule has 0 atom stereocenters. The van der Waals surface area contributed by atoms with Crippen molar-refractivity contribution in [2.24, 2.45) is 7.05 Å². The zero-order chi connectivity index (χ0) is 15.4. The molecule has 0 unspecified atom stereocenters. The van der Waals surface area contributed by atoms with Crippen LogP contribution in [0.25, 0.3) is 11.6 Å². The molecule has 0 aliphatic carbocycles. The van der Waals surface area contributed by atoms with E-state index in [0.717, 1.165) is 36.6 Å². The van der Waals surface area contributed by atoms with Crippen molar-refractivity contribution in [3.8, 4) is 11.6 Å². The first-order valence-corrected chi connectivity index (χ1v) is 7.54. The average molecular weight is 287 g/mol. The molecule has 0 amide bonds. The number of hydrogen-bond donors (Lipinski definition) is 1. The fourth-order valence-corrected chi connectivity index (χ4v) is 2.44. The number of aromatic nitrogens is 4. The third-order valence-electron chi connectivity index (χ3n) is 3.60. The molecule has 21 heavy (non-hydrogen) atoms. The second-order valence-electron chi connectivity index (χ2n) is 5.77. The zero-order valence-electron chi connectivity index (χ0n) is 13.6. The summed E-state index contributed by atoms with van der Waals surface area (Å²) in [7, 11) is 1.96. The van der Waals surface area contributed by atoms with Crippen molar-refractivity contribution in [2.45, 2.75) is 46.6 Å². The van der Waals surface area contributed by atoms with Gasteiger partial charge in [0.05, 0.1) is 0 Å². The Bertz CT molecular complexity index is 577. The van der Waals surface area contributed by atoms with E-state index in [4.69, 9.17) is 0 Å². The fraction of sp³-hybridized carbons (Fsp3) is 0.562. The van der Waals surface area contributed by atoms with Crippen LogP contribution in [0, 0.1) is 13.8 Å². The van der Waals surface area contributed by atoms with Crippen molar-refractivity contribution in [3.05, 3.63) is 29.3 Å². The molecule has 5 heteroatoms. The van der Waals surface area contributed by atoms with Crippen LogP contribution in [0.4, 0.5) is 0 Å². The molecule has 0 aromatic carbocycles. The molecule has 5 nitrogen and oxygen atoms in total. The highest BCUT2D eigenvalue weighted by molar-refractivity contribution is 5.46. The first kappa shape index (κ1) is 15.6. The summed E-state index contributed by atoms with van der Waals surface area (Å²) in [5.41, 5.74) is 3.38. The van der Waals surface area contributed by atoms with E-state index in [2.05, 4.69) is 48.0 Å². The SMILES string of the molecule is Cc1nc(-c2nccn2C)nc(C)c1CCCNC(C)C. The van der Waals surface area contributed by atoms with Gasteiger partial charge >= 0.3 is 0 Å². The maximum atomic E-state index is 4.64. The van der Waals surface area contributed by atoms with Crippen molar-refractivity contribution in [1.29, 1.82) is 0 Å². The highest BCUT2D eigenvalue weighted by Crippen LogP contribution is 2.18. The molecule has 0 aliphatic heterocycles. The van der Waals surface area contributed by atoms with E-state index in [0.29, 0.717) is 11.9 Å². The molecule has 2 aromatic heterocycles. The summed E-state index contributed by atoms with van der Waals surface area (Å²) in [6.07, 6.45) is 5.80. The zero-order valence-corrected chi connectivity index (χ0v) is 13.6. The van der Waals surface area contributed by atoms with Crippen LogP contribution in [-0.2, 0) is 13.5 Å². The molecule has 0 radical (unpaired) electrons. The van der Waals surface area contributed by atoms with Gasteiger partial charge in [-0.05, 0) is 38.8 Å². The van der Waals surface area contributed by atoms with Crippen LogP contribution >= 0.6 is 0 Å². The van der Waals surface area contributed by atoms with Crippen molar-refractivity contribution in [1.82, 2.24) is 24.8 Å². The third kappa shape index (κ3) is 3.88. The molecule has 0 saturated carbocycles. The number of hydrogen-bond acceptors (Lipinski definition) is 4. The Morgan fingerprint density at radius 3 is 2.38 bits per heavy atom. The van der Waals surface area contributed by atoms with Gasteiger partial charge in [0.2, 0.25) is 0 Å². The highest BCUT2D eigenvalue weighted by Gasteiger charge is 2.12. The van der Waals surface area contributed by atoms with Gasteiger partial charge in [-0.2, -0.15) is 0 Å². The van der Waals surface area contributed by atoms with E-state index < -0.39 is 0 Å². The Kier molecular flexibility index (Phi) is 5.07. The quantitative estimate of drug-likeness (QED) is 0.829. The standard InChI is InChI=1S/C16H25N5/c1-11(2)17-8-6-7-14-12(3)19-15(20-13(14)4)16-18-9-10-21(16)5/h9-11,17H,6-8H2,1-5H3. The number of aryl methyl sites for hydroxylation is 3. The summed E-state index contributed by atoms with van der Waals surface area (Å²) in [6, 6.07) is 0.536. The molecule has 2 aromatic rings. The minimum atomic E-state index is 0.536. The summed E-state index contributed by atoms with van der Waals surface area (Å²) >= 11 is 0. The molecule has 0 spiro atoms. The fourth-order valence-electron chi connectivity index (χ4n) is 2.44. The van der Waals surface area contributed by atoms with Gasteiger partial charge in [-0.25, -0.2) is 15.0 Å². The first-order chi connectivity index (χ1) is 9.99. The van der Waals surface area contributed by atoms with Crippen LogP contribution < -0.4 is 5.32 Å². The summed E-state index contributed by atoms with van der Waals surface area (Å²) in [5.74, 6) is 1.52. The molecule has 0 fully saturated rings. The van der Waals surface area contributed by atoms with E-state index in [-0.39, 0.29) is 0 Å². The number of rotatable bonds is 6. The van der Waals surface area contributed by atoms with Gasteiger partial charge in [-0.15, -0.1) is 0 Å². The van der Waals surface area contributed by atoms with Gasteiger partial charge in [-0.1, -0.05) is 13.8 Å². The van der Waals surface area contributed by atoms with Gasteiger partial charge in [0.1, 0.15) is 0 Å². The van der Waals surface area contributed by atoms with Gasteiger partial charge in [0.15, 0.2) is 11.6 Å². The Morgan fingerprint density at radius 2 is 1.86 bits per heavy atom. The second-order valence-corrected chi connectivity index (χ2v) is 5.77. The molecular formula is C16H25N5. The van der Waals surface area contributed by atoms with Crippen molar-refractivity contribution < 1.29 is 0 Å². The number of imidazole rings is 1. The van der Waals surface area contributed by atoms with Gasteiger partial charge < -0.3 is 9.88 Å². The Hall–Kier alpha value is -1.75. The largest absolute Gasteiger partial charge is 0.331 e.